The van der Waals surface area contributed by atoms with Crippen molar-refractivity contribution < 1.29 is 18.8 Å². The normalized spacial score (nSPS) is 18.8. The van der Waals surface area contributed by atoms with E-state index in [1.165, 1.54) is 0 Å². The Morgan fingerprint density at radius 2 is 2.00 bits per heavy atom. The lowest BCUT2D eigenvalue weighted by atomic mass is 9.83. The lowest BCUT2D eigenvalue weighted by Crippen LogP contribution is -2.45. The number of benzene rings is 1. The molecule has 1 saturated heterocycles. The Morgan fingerprint density at radius 1 is 1.26 bits per heavy atom. The number of piperidine rings is 1. The van der Waals surface area contributed by atoms with Gasteiger partial charge in [-0.25, -0.2) is 4.79 Å². The Kier molecular flexibility index (Phi) is 3.01. The van der Waals surface area contributed by atoms with Crippen molar-refractivity contribution >= 4 is 11.9 Å². The zero-order chi connectivity index (χ0) is 16.0. The quantitative estimate of drug-likeness (QED) is 0.755. The molecule has 4 rings (SSSR count). The molecule has 3 heterocycles. The smallest absolute Gasteiger partial charge is 0.339 e. The number of carbonyl (C=O) groups is 2. The van der Waals surface area contributed by atoms with Crippen LogP contribution in [0.1, 0.15) is 45.0 Å². The molecule has 6 nitrogen and oxygen atoms in total. The van der Waals surface area contributed by atoms with Gasteiger partial charge in [-0.15, -0.1) is 0 Å². The number of aromatic nitrogens is 1. The number of hydrogen-bond donors (Lipinski definition) is 0. The van der Waals surface area contributed by atoms with Gasteiger partial charge in [-0.2, -0.15) is 0 Å². The lowest BCUT2D eigenvalue weighted by molar-refractivity contribution is -0.0390. The molecule has 0 radical (unpaired) electrons. The fraction of sp³-hybridized carbons (Fsp3) is 0.353. The minimum absolute atomic E-state index is 0.144. The van der Waals surface area contributed by atoms with Gasteiger partial charge in [0.05, 0.1) is 5.56 Å². The molecule has 2 aliphatic rings. The zero-order valence-corrected chi connectivity index (χ0v) is 12.7. The van der Waals surface area contributed by atoms with Crippen molar-refractivity contribution in [1.29, 1.82) is 0 Å². The molecule has 1 spiro atoms. The standard InChI is InChI=1S/C17H16N2O4/c1-11-10-14(18-23-11)15(20)19-8-6-17(7-9-19)13-5-3-2-4-12(13)16(21)22-17/h2-5,10H,6-9H2,1H3. The minimum Gasteiger partial charge on any atom is -0.450 e. The van der Waals surface area contributed by atoms with E-state index in [4.69, 9.17) is 9.26 Å². The number of ether oxygens (including phenoxy) is 1. The number of likely N-dealkylation sites (tertiary alicyclic amines) is 1. The molecule has 23 heavy (non-hydrogen) atoms. The second kappa shape index (κ2) is 4.94. The molecule has 1 aromatic heterocycles. The van der Waals surface area contributed by atoms with Crippen molar-refractivity contribution in [1.82, 2.24) is 10.1 Å². The van der Waals surface area contributed by atoms with E-state index in [0.717, 1.165) is 5.56 Å². The molecule has 1 aromatic carbocycles. The van der Waals surface area contributed by atoms with Crippen LogP contribution in [0.25, 0.3) is 0 Å². The van der Waals surface area contributed by atoms with Gasteiger partial charge in [-0.3, -0.25) is 4.79 Å². The highest BCUT2D eigenvalue weighted by atomic mass is 16.6. The van der Waals surface area contributed by atoms with Crippen LogP contribution >= 0.6 is 0 Å². The molecular weight excluding hydrogens is 296 g/mol. The van der Waals surface area contributed by atoms with Crippen LogP contribution in [-0.2, 0) is 10.3 Å². The average Bonchev–Trinajstić information content (AvgIpc) is 3.11. The number of aryl methyl sites for hydroxylation is 1. The van der Waals surface area contributed by atoms with Crippen molar-refractivity contribution in [2.24, 2.45) is 0 Å². The maximum absolute atomic E-state index is 12.4. The molecule has 118 valence electrons. The first-order valence-corrected chi connectivity index (χ1v) is 7.64. The van der Waals surface area contributed by atoms with E-state index in [-0.39, 0.29) is 11.9 Å². The van der Waals surface area contributed by atoms with Gasteiger partial charge in [0.25, 0.3) is 5.91 Å². The molecular formula is C17H16N2O4. The van der Waals surface area contributed by atoms with Gasteiger partial charge in [0.15, 0.2) is 5.69 Å². The summed E-state index contributed by atoms with van der Waals surface area (Å²) in [5.41, 5.74) is 1.31. The summed E-state index contributed by atoms with van der Waals surface area (Å²) in [6.45, 7) is 2.79. The Balaban J connectivity index is 1.54. The number of rotatable bonds is 1. The Bertz CT molecular complexity index is 787. The molecule has 2 aromatic rings. The molecule has 2 aliphatic heterocycles. The highest BCUT2D eigenvalue weighted by Crippen LogP contribution is 2.44. The first kappa shape index (κ1) is 14.0. The monoisotopic (exact) mass is 312 g/mol. The molecule has 1 amide bonds. The van der Waals surface area contributed by atoms with Crippen molar-refractivity contribution in [3.63, 3.8) is 0 Å². The van der Waals surface area contributed by atoms with Crippen LogP contribution in [0.2, 0.25) is 0 Å². The first-order valence-electron chi connectivity index (χ1n) is 7.64. The summed E-state index contributed by atoms with van der Waals surface area (Å²) in [6.07, 6.45) is 1.19. The number of fused-ring (bicyclic) bond motifs is 2. The predicted octanol–water partition coefficient (Wildman–Crippen LogP) is 2.28. The third-order valence-electron chi connectivity index (χ3n) is 4.63. The van der Waals surface area contributed by atoms with E-state index in [0.29, 0.717) is 42.9 Å². The van der Waals surface area contributed by atoms with Gasteiger partial charge >= 0.3 is 5.97 Å². The van der Waals surface area contributed by atoms with E-state index < -0.39 is 5.60 Å². The van der Waals surface area contributed by atoms with Gasteiger partial charge in [0.1, 0.15) is 11.4 Å². The number of hydrogen-bond acceptors (Lipinski definition) is 5. The summed E-state index contributed by atoms with van der Waals surface area (Å²) in [7, 11) is 0. The van der Waals surface area contributed by atoms with Gasteiger partial charge in [-0.05, 0) is 13.0 Å². The molecule has 0 saturated carbocycles. The van der Waals surface area contributed by atoms with E-state index in [2.05, 4.69) is 5.16 Å². The van der Waals surface area contributed by atoms with Crippen molar-refractivity contribution in [3.05, 3.63) is 52.9 Å². The first-order chi connectivity index (χ1) is 11.1. The van der Waals surface area contributed by atoms with Gasteiger partial charge in [0.2, 0.25) is 0 Å². The highest BCUT2D eigenvalue weighted by Gasteiger charge is 2.47. The molecule has 0 bridgehead atoms. The molecule has 0 unspecified atom stereocenters. The second-order valence-corrected chi connectivity index (χ2v) is 6.04. The molecule has 6 heteroatoms. The molecule has 0 aliphatic carbocycles. The van der Waals surface area contributed by atoms with Crippen molar-refractivity contribution in [2.45, 2.75) is 25.4 Å². The molecule has 0 N–H and O–H groups in total. The lowest BCUT2D eigenvalue weighted by Gasteiger charge is -2.38. The fourth-order valence-electron chi connectivity index (χ4n) is 3.42. The molecule has 1 fully saturated rings. The SMILES string of the molecule is Cc1cc(C(=O)N2CCC3(CC2)OC(=O)c2ccccc23)no1. The zero-order valence-electron chi connectivity index (χ0n) is 12.7. The fourth-order valence-corrected chi connectivity index (χ4v) is 3.42. The van der Waals surface area contributed by atoms with Crippen molar-refractivity contribution in [2.75, 3.05) is 13.1 Å². The van der Waals surface area contributed by atoms with Crippen molar-refractivity contribution in [3.8, 4) is 0 Å². The number of esters is 1. The van der Waals surface area contributed by atoms with Crippen LogP contribution in [0, 0.1) is 6.92 Å². The van der Waals surface area contributed by atoms with Gasteiger partial charge in [-0.1, -0.05) is 23.4 Å². The van der Waals surface area contributed by atoms with Crippen LogP contribution in [0.3, 0.4) is 0 Å². The largest absolute Gasteiger partial charge is 0.450 e. The second-order valence-electron chi connectivity index (χ2n) is 6.04. The Morgan fingerprint density at radius 3 is 2.70 bits per heavy atom. The number of amides is 1. The van der Waals surface area contributed by atoms with Crippen LogP contribution < -0.4 is 0 Å². The Hall–Kier alpha value is -2.63. The Labute approximate surface area is 133 Å². The van der Waals surface area contributed by atoms with E-state index in [9.17, 15) is 9.59 Å². The summed E-state index contributed by atoms with van der Waals surface area (Å²) in [5, 5.41) is 3.78. The maximum atomic E-state index is 12.4. The number of carbonyl (C=O) groups excluding carboxylic acids is 2. The topological polar surface area (TPSA) is 72.6 Å². The third kappa shape index (κ3) is 2.13. The third-order valence-corrected chi connectivity index (χ3v) is 4.63. The van der Waals surface area contributed by atoms with Crippen LogP contribution in [0.4, 0.5) is 0 Å². The maximum Gasteiger partial charge on any atom is 0.339 e. The summed E-state index contributed by atoms with van der Waals surface area (Å²) in [4.78, 5) is 26.2. The van der Waals surface area contributed by atoms with Crippen LogP contribution in [-0.4, -0.2) is 35.0 Å². The summed E-state index contributed by atoms with van der Waals surface area (Å²) in [6, 6.07) is 9.13. The minimum atomic E-state index is -0.593. The van der Waals surface area contributed by atoms with Gasteiger partial charge < -0.3 is 14.2 Å². The van der Waals surface area contributed by atoms with E-state index >= 15 is 0 Å². The highest BCUT2D eigenvalue weighted by molar-refractivity contribution is 5.95. The predicted molar refractivity (Wildman–Crippen MR) is 79.9 cm³/mol. The summed E-state index contributed by atoms with van der Waals surface area (Å²) >= 11 is 0. The average molecular weight is 312 g/mol. The molecule has 0 atom stereocenters. The van der Waals surface area contributed by atoms with Crippen LogP contribution in [0.5, 0.6) is 0 Å². The van der Waals surface area contributed by atoms with Crippen LogP contribution in [0.15, 0.2) is 34.9 Å². The number of nitrogens with zero attached hydrogens (tertiary/aromatic N) is 2. The van der Waals surface area contributed by atoms with Gasteiger partial charge in [0, 0.05) is 37.6 Å². The summed E-state index contributed by atoms with van der Waals surface area (Å²) in [5.74, 6) is 0.197. The van der Waals surface area contributed by atoms with E-state index in [1.54, 1.807) is 24.0 Å². The van der Waals surface area contributed by atoms with E-state index in [1.807, 2.05) is 18.2 Å². The summed E-state index contributed by atoms with van der Waals surface area (Å²) < 4.78 is 10.7.